The molecular formula is C16H21BF3NO2. The molecule has 0 aromatic heterocycles. The van der Waals surface area contributed by atoms with E-state index in [0.717, 1.165) is 0 Å². The van der Waals surface area contributed by atoms with Crippen LogP contribution in [0.25, 0.3) is 6.08 Å². The highest BCUT2D eigenvalue weighted by atomic mass is 19.1. The lowest BCUT2D eigenvalue weighted by Gasteiger charge is -2.32. The van der Waals surface area contributed by atoms with E-state index < -0.39 is 35.8 Å². The first-order chi connectivity index (χ1) is 10.6. The van der Waals surface area contributed by atoms with Gasteiger partial charge in [0.15, 0.2) is 0 Å². The first-order valence-corrected chi connectivity index (χ1v) is 7.42. The lowest BCUT2D eigenvalue weighted by atomic mass is 9.77. The van der Waals surface area contributed by atoms with E-state index in [1.54, 1.807) is 7.05 Å². The minimum atomic E-state index is -0.965. The maximum atomic E-state index is 13.9. The summed E-state index contributed by atoms with van der Waals surface area (Å²) in [6, 6.07) is 1.30. The molecule has 7 heteroatoms. The van der Waals surface area contributed by atoms with Crippen LogP contribution in [0.2, 0.25) is 0 Å². The third-order valence-electron chi connectivity index (χ3n) is 4.31. The van der Waals surface area contributed by atoms with Gasteiger partial charge in [0.2, 0.25) is 0 Å². The van der Waals surface area contributed by atoms with Crippen LogP contribution in [0.5, 0.6) is 0 Å². The quantitative estimate of drug-likeness (QED) is 0.861. The summed E-state index contributed by atoms with van der Waals surface area (Å²) in [5.41, 5.74) is -0.920. The van der Waals surface area contributed by atoms with Crippen molar-refractivity contribution in [1.82, 2.24) is 5.32 Å². The molecule has 1 N–H and O–H groups in total. The molecule has 0 bridgehead atoms. The van der Waals surface area contributed by atoms with Gasteiger partial charge in [-0.25, -0.2) is 13.2 Å². The number of halogens is 3. The predicted molar refractivity (Wildman–Crippen MR) is 84.3 cm³/mol. The summed E-state index contributed by atoms with van der Waals surface area (Å²) in [6.07, 6.45) is 1.31. The molecule has 3 nitrogen and oxygen atoms in total. The van der Waals surface area contributed by atoms with E-state index in [4.69, 9.17) is 9.31 Å². The molecule has 126 valence electrons. The molecule has 0 amide bonds. The Morgan fingerprint density at radius 1 is 1.09 bits per heavy atom. The summed E-state index contributed by atoms with van der Waals surface area (Å²) in [6.45, 7) is 7.88. The van der Waals surface area contributed by atoms with Crippen molar-refractivity contribution >= 4 is 13.2 Å². The van der Waals surface area contributed by atoms with Crippen LogP contribution in [-0.2, 0) is 9.31 Å². The minimum Gasteiger partial charge on any atom is -0.400 e. The SMILES string of the molecule is CNCC(=Cc1c(F)cc(F)cc1F)B1OC(C)(C)C(C)(C)O1. The lowest BCUT2D eigenvalue weighted by molar-refractivity contribution is 0.00578. The van der Waals surface area contributed by atoms with E-state index in [1.807, 2.05) is 27.7 Å². The molecule has 23 heavy (non-hydrogen) atoms. The fourth-order valence-electron chi connectivity index (χ4n) is 2.28. The standard InChI is InChI=1S/C16H21BF3NO2/c1-15(2)16(3,4)23-17(22-15)10(9-21-5)6-12-13(19)7-11(18)8-14(12)20/h6-8,21H,9H2,1-5H3. The molecule has 0 atom stereocenters. The Labute approximate surface area is 135 Å². The van der Waals surface area contributed by atoms with Crippen molar-refractivity contribution < 1.29 is 22.5 Å². The van der Waals surface area contributed by atoms with Crippen LogP contribution >= 0.6 is 0 Å². The number of nitrogens with one attached hydrogen (secondary N) is 1. The van der Waals surface area contributed by atoms with Crippen molar-refractivity contribution in [3.63, 3.8) is 0 Å². The third-order valence-corrected chi connectivity index (χ3v) is 4.31. The smallest absolute Gasteiger partial charge is 0.400 e. The zero-order valence-corrected chi connectivity index (χ0v) is 14.0. The molecule has 0 aliphatic carbocycles. The summed E-state index contributed by atoms with van der Waals surface area (Å²) >= 11 is 0. The Morgan fingerprint density at radius 2 is 1.57 bits per heavy atom. The van der Waals surface area contributed by atoms with Crippen LogP contribution in [0.15, 0.2) is 17.6 Å². The third kappa shape index (κ3) is 3.62. The summed E-state index contributed by atoms with van der Waals surface area (Å²) in [5, 5.41) is 2.92. The molecule has 1 heterocycles. The highest BCUT2D eigenvalue weighted by molar-refractivity contribution is 6.55. The Hall–Kier alpha value is -1.31. The number of hydrogen-bond acceptors (Lipinski definition) is 3. The van der Waals surface area contributed by atoms with E-state index >= 15 is 0 Å². The zero-order valence-electron chi connectivity index (χ0n) is 14.0. The second kappa shape index (κ2) is 6.30. The van der Waals surface area contributed by atoms with Crippen molar-refractivity contribution in [2.75, 3.05) is 13.6 Å². The van der Waals surface area contributed by atoms with E-state index in [0.29, 0.717) is 24.1 Å². The van der Waals surface area contributed by atoms with Crippen LogP contribution in [0, 0.1) is 17.5 Å². The summed E-state index contributed by atoms with van der Waals surface area (Å²) < 4.78 is 52.6. The van der Waals surface area contributed by atoms with E-state index in [-0.39, 0.29) is 5.56 Å². The molecule has 2 rings (SSSR count). The van der Waals surface area contributed by atoms with Gasteiger partial charge in [0.25, 0.3) is 0 Å². The average Bonchev–Trinajstić information content (AvgIpc) is 2.61. The van der Waals surface area contributed by atoms with Gasteiger partial charge in [0.05, 0.1) is 11.2 Å². The zero-order chi connectivity index (χ0) is 17.4. The number of benzene rings is 1. The van der Waals surface area contributed by atoms with E-state index in [1.165, 1.54) is 6.08 Å². The highest BCUT2D eigenvalue weighted by Gasteiger charge is 2.52. The van der Waals surface area contributed by atoms with Gasteiger partial charge in [-0.3, -0.25) is 0 Å². The van der Waals surface area contributed by atoms with E-state index in [9.17, 15) is 13.2 Å². The second-order valence-electron chi connectivity index (χ2n) is 6.62. The van der Waals surface area contributed by atoms with Gasteiger partial charge in [0, 0.05) is 24.2 Å². The molecule has 0 spiro atoms. The topological polar surface area (TPSA) is 30.5 Å². The maximum Gasteiger partial charge on any atom is 0.491 e. The van der Waals surface area contributed by atoms with Gasteiger partial charge in [-0.05, 0) is 40.2 Å². The fourth-order valence-corrected chi connectivity index (χ4v) is 2.28. The normalized spacial score (nSPS) is 20.2. The summed E-state index contributed by atoms with van der Waals surface area (Å²) in [4.78, 5) is 0. The van der Waals surface area contributed by atoms with Crippen molar-refractivity contribution in [2.45, 2.75) is 38.9 Å². The minimum absolute atomic E-state index is 0.313. The molecular weight excluding hydrogens is 306 g/mol. The van der Waals surface area contributed by atoms with Crippen LogP contribution in [-0.4, -0.2) is 31.9 Å². The van der Waals surface area contributed by atoms with Crippen LogP contribution in [0.4, 0.5) is 13.2 Å². The van der Waals surface area contributed by atoms with Crippen molar-refractivity contribution in [1.29, 1.82) is 0 Å². The first-order valence-electron chi connectivity index (χ1n) is 7.42. The summed E-state index contributed by atoms with van der Waals surface area (Å²) in [7, 11) is 0.965. The fraction of sp³-hybridized carbons (Fsp3) is 0.500. The monoisotopic (exact) mass is 327 g/mol. The lowest BCUT2D eigenvalue weighted by Crippen LogP contribution is -2.41. The van der Waals surface area contributed by atoms with E-state index in [2.05, 4.69) is 5.32 Å². The molecule has 0 saturated carbocycles. The van der Waals surface area contributed by atoms with Gasteiger partial charge in [-0.1, -0.05) is 6.08 Å². The number of likely N-dealkylation sites (N-methyl/N-ethyl adjacent to an activating group) is 1. The Morgan fingerprint density at radius 3 is 2.00 bits per heavy atom. The molecule has 1 aromatic rings. The average molecular weight is 327 g/mol. The van der Waals surface area contributed by atoms with Crippen LogP contribution in [0.3, 0.4) is 0 Å². The molecule has 1 aromatic carbocycles. The summed E-state index contributed by atoms with van der Waals surface area (Å²) in [5.74, 6) is -2.89. The van der Waals surface area contributed by atoms with Gasteiger partial charge < -0.3 is 14.6 Å². The second-order valence-corrected chi connectivity index (χ2v) is 6.62. The van der Waals surface area contributed by atoms with Crippen LogP contribution in [0.1, 0.15) is 33.3 Å². The first kappa shape index (κ1) is 18.0. The molecule has 1 aliphatic heterocycles. The van der Waals surface area contributed by atoms with Crippen molar-refractivity contribution in [2.24, 2.45) is 0 Å². The van der Waals surface area contributed by atoms with Gasteiger partial charge in [-0.15, -0.1) is 0 Å². The number of rotatable bonds is 4. The van der Waals surface area contributed by atoms with Gasteiger partial charge in [-0.2, -0.15) is 0 Å². The number of hydrogen-bond donors (Lipinski definition) is 1. The van der Waals surface area contributed by atoms with Gasteiger partial charge in [0.1, 0.15) is 17.5 Å². The van der Waals surface area contributed by atoms with Crippen molar-refractivity contribution in [3.05, 3.63) is 40.6 Å². The maximum absolute atomic E-state index is 13.9. The molecule has 0 radical (unpaired) electrons. The Kier molecular flexibility index (Phi) is 4.94. The Balaban J connectivity index is 2.41. The highest BCUT2D eigenvalue weighted by Crippen LogP contribution is 2.38. The Bertz CT molecular complexity index is 593. The van der Waals surface area contributed by atoms with Crippen molar-refractivity contribution in [3.8, 4) is 0 Å². The molecule has 1 saturated heterocycles. The largest absolute Gasteiger partial charge is 0.491 e. The van der Waals surface area contributed by atoms with Crippen LogP contribution < -0.4 is 5.32 Å². The molecule has 0 unspecified atom stereocenters. The molecule has 1 fully saturated rings. The predicted octanol–water partition coefficient (Wildman–Crippen LogP) is 3.34. The molecule has 1 aliphatic rings. The van der Waals surface area contributed by atoms with Gasteiger partial charge >= 0.3 is 7.12 Å².